The molecule has 0 bridgehead atoms. The van der Waals surface area contributed by atoms with Gasteiger partial charge in [0, 0.05) is 26.5 Å². The van der Waals surface area contributed by atoms with Crippen LogP contribution >= 0.6 is 11.6 Å². The van der Waals surface area contributed by atoms with E-state index in [0.29, 0.717) is 0 Å². The summed E-state index contributed by atoms with van der Waals surface area (Å²) in [6.45, 7) is 0. The van der Waals surface area contributed by atoms with Crippen molar-refractivity contribution in [2.45, 2.75) is 4.90 Å². The van der Waals surface area contributed by atoms with E-state index >= 15 is 0 Å². The fourth-order valence-electron chi connectivity index (χ4n) is 1.60. The molecule has 0 saturated heterocycles. The number of halogens is 1. The molecule has 2 heterocycles. The zero-order valence-corrected chi connectivity index (χ0v) is 12.7. The van der Waals surface area contributed by atoms with Crippen LogP contribution in [0.1, 0.15) is 10.5 Å². The molecule has 10 heteroatoms. The van der Waals surface area contributed by atoms with Gasteiger partial charge in [-0.05, 0) is 12.1 Å². The predicted molar refractivity (Wildman–Crippen MR) is 76.7 cm³/mol. The van der Waals surface area contributed by atoms with Gasteiger partial charge in [-0.15, -0.1) is 0 Å². The Morgan fingerprint density at radius 2 is 2.14 bits per heavy atom. The van der Waals surface area contributed by atoms with Crippen LogP contribution in [0, 0.1) is 0 Å². The van der Waals surface area contributed by atoms with Gasteiger partial charge in [0.25, 0.3) is 15.9 Å². The summed E-state index contributed by atoms with van der Waals surface area (Å²) < 4.78 is 28.0. The first-order valence-corrected chi connectivity index (χ1v) is 7.59. The van der Waals surface area contributed by atoms with Gasteiger partial charge < -0.3 is 9.88 Å². The summed E-state index contributed by atoms with van der Waals surface area (Å²) >= 11 is 5.67. The number of nitrogens with one attached hydrogen (secondary N) is 2. The van der Waals surface area contributed by atoms with Crippen molar-refractivity contribution >= 4 is 33.5 Å². The number of aromatic nitrogens is 3. The molecule has 0 saturated carbocycles. The van der Waals surface area contributed by atoms with Crippen LogP contribution < -0.4 is 10.0 Å². The minimum absolute atomic E-state index is 0.0767. The van der Waals surface area contributed by atoms with Crippen molar-refractivity contribution in [3.63, 3.8) is 0 Å². The van der Waals surface area contributed by atoms with Crippen LogP contribution in [0.3, 0.4) is 0 Å². The van der Waals surface area contributed by atoms with Gasteiger partial charge in [-0.25, -0.2) is 23.1 Å². The van der Waals surface area contributed by atoms with E-state index in [4.69, 9.17) is 11.6 Å². The van der Waals surface area contributed by atoms with Crippen molar-refractivity contribution in [3.05, 3.63) is 35.4 Å². The molecule has 0 radical (unpaired) electrons. The summed E-state index contributed by atoms with van der Waals surface area (Å²) in [7, 11) is -0.879. The number of carbonyl (C=O) groups is 1. The Morgan fingerprint density at radius 1 is 1.43 bits per heavy atom. The summed E-state index contributed by atoms with van der Waals surface area (Å²) in [4.78, 5) is 19.0. The number of sulfonamides is 1. The van der Waals surface area contributed by atoms with E-state index in [1.165, 1.54) is 36.1 Å². The molecule has 2 aromatic rings. The Kier molecular flexibility index (Phi) is 4.14. The first-order valence-electron chi connectivity index (χ1n) is 5.73. The maximum Gasteiger partial charge on any atom is 0.267 e. The normalized spacial score (nSPS) is 11.2. The van der Waals surface area contributed by atoms with Gasteiger partial charge in [-0.3, -0.25) is 4.79 Å². The van der Waals surface area contributed by atoms with E-state index in [1.807, 2.05) is 0 Å². The van der Waals surface area contributed by atoms with Gasteiger partial charge in [0.15, 0.2) is 0 Å². The van der Waals surface area contributed by atoms with Gasteiger partial charge in [-0.2, -0.15) is 0 Å². The average molecular weight is 330 g/mol. The van der Waals surface area contributed by atoms with Crippen molar-refractivity contribution < 1.29 is 13.2 Å². The number of aryl methyl sites for hydroxylation is 1. The van der Waals surface area contributed by atoms with Crippen LogP contribution in [0.2, 0.25) is 5.15 Å². The lowest BCUT2D eigenvalue weighted by molar-refractivity contribution is 0.0955. The van der Waals surface area contributed by atoms with Crippen LogP contribution in [0.15, 0.2) is 29.4 Å². The van der Waals surface area contributed by atoms with Crippen molar-refractivity contribution in [2.75, 3.05) is 11.8 Å². The molecule has 0 unspecified atom stereocenters. The number of nitrogens with zero attached hydrogens (tertiary/aromatic N) is 3. The summed E-state index contributed by atoms with van der Waals surface area (Å²) in [6.07, 6.45) is 2.64. The van der Waals surface area contributed by atoms with Crippen LogP contribution in [0.5, 0.6) is 0 Å². The number of carbonyl (C=O) groups excluding carboxylic acids is 1. The molecule has 0 aromatic carbocycles. The topological polar surface area (TPSA) is 106 Å². The highest BCUT2D eigenvalue weighted by atomic mass is 35.5. The standard InChI is InChI=1S/C11H12ClN5O3S/c1-13-10(18)8-5-7(6-17(8)2)21(19,20)16-11-14-4-3-9(12)15-11/h3-6H,1-2H3,(H,13,18)(H,14,15,16). The molecular formula is C11H12ClN5O3S. The molecule has 2 rings (SSSR count). The number of hydrogen-bond acceptors (Lipinski definition) is 5. The Morgan fingerprint density at radius 3 is 2.76 bits per heavy atom. The van der Waals surface area contributed by atoms with Gasteiger partial charge in [0.2, 0.25) is 5.95 Å². The quantitative estimate of drug-likeness (QED) is 0.800. The van der Waals surface area contributed by atoms with Gasteiger partial charge in [0.1, 0.15) is 15.7 Å². The van der Waals surface area contributed by atoms with Gasteiger partial charge >= 0.3 is 0 Å². The smallest absolute Gasteiger partial charge is 0.267 e. The van der Waals surface area contributed by atoms with Crippen molar-refractivity contribution in [1.82, 2.24) is 19.9 Å². The van der Waals surface area contributed by atoms with Crippen molar-refractivity contribution in [2.24, 2.45) is 7.05 Å². The number of rotatable bonds is 4. The van der Waals surface area contributed by atoms with E-state index in [0.717, 1.165) is 0 Å². The Hall–Kier alpha value is -2.13. The number of hydrogen-bond donors (Lipinski definition) is 2. The first-order chi connectivity index (χ1) is 9.83. The van der Waals surface area contributed by atoms with E-state index < -0.39 is 15.9 Å². The summed E-state index contributed by atoms with van der Waals surface area (Å²) in [5.74, 6) is -0.536. The average Bonchev–Trinajstić information content (AvgIpc) is 2.80. The molecule has 0 aliphatic rings. The molecule has 2 N–H and O–H groups in total. The molecular weight excluding hydrogens is 318 g/mol. The highest BCUT2D eigenvalue weighted by Gasteiger charge is 2.21. The molecule has 0 aliphatic heterocycles. The van der Waals surface area contributed by atoms with Crippen LogP contribution in [-0.4, -0.2) is 35.9 Å². The Balaban J connectivity index is 2.34. The van der Waals surface area contributed by atoms with Crippen LogP contribution in [-0.2, 0) is 17.1 Å². The minimum atomic E-state index is -3.91. The zero-order valence-electron chi connectivity index (χ0n) is 11.2. The van der Waals surface area contributed by atoms with E-state index in [-0.39, 0.29) is 21.7 Å². The minimum Gasteiger partial charge on any atom is -0.354 e. The van der Waals surface area contributed by atoms with Crippen molar-refractivity contribution in [1.29, 1.82) is 0 Å². The monoisotopic (exact) mass is 329 g/mol. The molecule has 0 atom stereocenters. The third-order valence-electron chi connectivity index (χ3n) is 2.60. The van der Waals surface area contributed by atoms with Crippen LogP contribution in [0.25, 0.3) is 0 Å². The molecule has 0 aliphatic carbocycles. The Bertz CT molecular complexity index is 787. The van der Waals surface area contributed by atoms with Gasteiger partial charge in [0.05, 0.1) is 0 Å². The van der Waals surface area contributed by atoms with Crippen LogP contribution in [0.4, 0.5) is 5.95 Å². The molecule has 21 heavy (non-hydrogen) atoms. The highest BCUT2D eigenvalue weighted by molar-refractivity contribution is 7.92. The number of amides is 1. The molecule has 0 fully saturated rings. The SMILES string of the molecule is CNC(=O)c1cc(S(=O)(=O)Nc2nccc(Cl)n2)cn1C. The molecule has 112 valence electrons. The largest absolute Gasteiger partial charge is 0.354 e. The fourth-order valence-corrected chi connectivity index (χ4v) is 2.76. The molecule has 0 spiro atoms. The van der Waals surface area contributed by atoms with E-state index in [9.17, 15) is 13.2 Å². The summed E-state index contributed by atoms with van der Waals surface area (Å²) in [5, 5.41) is 2.54. The Labute approximate surface area is 126 Å². The zero-order chi connectivity index (χ0) is 15.6. The fraction of sp³-hybridized carbons (Fsp3) is 0.182. The maximum atomic E-state index is 12.2. The predicted octanol–water partition coefficient (Wildman–Crippen LogP) is 0.629. The van der Waals surface area contributed by atoms with Crippen molar-refractivity contribution in [3.8, 4) is 0 Å². The number of anilines is 1. The molecule has 8 nitrogen and oxygen atoms in total. The first kappa shape index (κ1) is 15.3. The third-order valence-corrected chi connectivity index (χ3v) is 4.10. The summed E-state index contributed by atoms with van der Waals surface area (Å²) in [6, 6.07) is 2.68. The second kappa shape index (κ2) is 5.70. The van der Waals surface area contributed by atoms with E-state index in [2.05, 4.69) is 20.0 Å². The second-order valence-electron chi connectivity index (χ2n) is 4.06. The highest BCUT2D eigenvalue weighted by Crippen LogP contribution is 2.17. The summed E-state index contributed by atoms with van der Waals surface area (Å²) in [5.41, 5.74) is 0.213. The maximum absolute atomic E-state index is 12.2. The van der Waals surface area contributed by atoms with E-state index in [1.54, 1.807) is 7.05 Å². The lowest BCUT2D eigenvalue weighted by Crippen LogP contribution is -2.20. The van der Waals surface area contributed by atoms with Gasteiger partial charge in [-0.1, -0.05) is 11.6 Å². The third kappa shape index (κ3) is 3.31. The molecule has 2 aromatic heterocycles. The second-order valence-corrected chi connectivity index (χ2v) is 6.13. The lowest BCUT2D eigenvalue weighted by atomic mass is 10.4. The lowest BCUT2D eigenvalue weighted by Gasteiger charge is -2.04. The molecule has 1 amide bonds.